The summed E-state index contributed by atoms with van der Waals surface area (Å²) in [6.07, 6.45) is 12.1. The van der Waals surface area contributed by atoms with Crippen molar-refractivity contribution < 1.29 is 49.1 Å². The van der Waals surface area contributed by atoms with Crippen molar-refractivity contribution in [1.82, 2.24) is 5.32 Å². The molecule has 1 rings (SSSR count). The number of carbonyl (C=O) groups is 5. The Morgan fingerprint density at radius 1 is 0.844 bits per heavy atom. The molecule has 45 heavy (non-hydrogen) atoms. The van der Waals surface area contributed by atoms with Crippen molar-refractivity contribution in [1.29, 1.82) is 0 Å². The van der Waals surface area contributed by atoms with Gasteiger partial charge in [0.2, 0.25) is 5.91 Å². The van der Waals surface area contributed by atoms with E-state index in [2.05, 4.69) is 12.2 Å². The molecular weight excluding hydrogens is 582 g/mol. The second-order valence-corrected chi connectivity index (χ2v) is 11.5. The van der Waals surface area contributed by atoms with Crippen molar-refractivity contribution in [2.24, 2.45) is 5.92 Å². The molecule has 0 spiro atoms. The van der Waals surface area contributed by atoms with E-state index >= 15 is 0 Å². The lowest BCUT2D eigenvalue weighted by Crippen LogP contribution is -2.55. The molecule has 0 aromatic heterocycles. The number of allylic oxidation sites excluding steroid dienone is 1. The Morgan fingerprint density at radius 2 is 1.44 bits per heavy atom. The van der Waals surface area contributed by atoms with Gasteiger partial charge in [-0.25, -0.2) is 9.59 Å². The second kappa shape index (κ2) is 21.9. The van der Waals surface area contributed by atoms with Crippen molar-refractivity contribution in [2.75, 3.05) is 6.61 Å². The Balaban J connectivity index is 2.81. The Hall–Kier alpha value is -3.73. The second-order valence-electron chi connectivity index (χ2n) is 11.5. The van der Waals surface area contributed by atoms with Crippen LogP contribution in [0.3, 0.4) is 0 Å². The predicted octanol–water partition coefficient (Wildman–Crippen LogP) is 5.32. The van der Waals surface area contributed by atoms with Gasteiger partial charge in [0.25, 0.3) is 0 Å². The number of ether oxygens (including phenoxy) is 1. The van der Waals surface area contributed by atoms with Crippen molar-refractivity contribution in [3.8, 4) is 5.75 Å². The average molecular weight is 634 g/mol. The van der Waals surface area contributed by atoms with Crippen LogP contribution in [-0.4, -0.2) is 68.3 Å². The highest BCUT2D eigenvalue weighted by atomic mass is 16.5. The van der Waals surface area contributed by atoms with E-state index in [-0.39, 0.29) is 12.2 Å². The molecule has 1 aromatic rings. The lowest BCUT2D eigenvalue weighted by molar-refractivity contribution is -0.172. The number of Topliss-reactive ketones (excluding diaryl/α,β-unsaturated/α-hetero) is 1. The summed E-state index contributed by atoms with van der Waals surface area (Å²) in [4.78, 5) is 60.7. The first-order valence-corrected chi connectivity index (χ1v) is 16.0. The molecule has 0 radical (unpaired) electrons. The Bertz CT molecular complexity index is 1100. The molecular formula is C34H51NO10. The molecule has 0 aliphatic heterocycles. The van der Waals surface area contributed by atoms with E-state index in [0.29, 0.717) is 43.6 Å². The summed E-state index contributed by atoms with van der Waals surface area (Å²) in [7, 11) is 0. The van der Waals surface area contributed by atoms with Gasteiger partial charge < -0.3 is 30.5 Å². The maximum absolute atomic E-state index is 13.3. The van der Waals surface area contributed by atoms with Gasteiger partial charge in [0.1, 0.15) is 17.6 Å². The Morgan fingerprint density at radius 3 is 1.98 bits per heavy atom. The number of aliphatic hydroxyl groups is 1. The lowest BCUT2D eigenvalue weighted by atomic mass is 9.82. The quantitative estimate of drug-likeness (QED) is 0.0660. The molecule has 0 aliphatic carbocycles. The summed E-state index contributed by atoms with van der Waals surface area (Å²) in [6.45, 7) is 4.63. The van der Waals surface area contributed by atoms with Gasteiger partial charge in [-0.1, -0.05) is 76.7 Å². The van der Waals surface area contributed by atoms with Gasteiger partial charge in [0.15, 0.2) is 5.60 Å². The number of carboxylic acid groups (broad SMARTS) is 3. The lowest BCUT2D eigenvalue weighted by Gasteiger charge is -2.29. The molecule has 0 fully saturated rings. The van der Waals surface area contributed by atoms with Crippen molar-refractivity contribution >= 4 is 29.6 Å². The van der Waals surface area contributed by atoms with Crippen LogP contribution in [0.1, 0.15) is 109 Å². The summed E-state index contributed by atoms with van der Waals surface area (Å²) in [5.41, 5.74) is -2.45. The number of amides is 1. The van der Waals surface area contributed by atoms with Crippen LogP contribution < -0.4 is 10.1 Å². The SMILES string of the molecule is CCCCCCCC(=O)CCCCCCC=C[C@H](C(=O)NC(Cc1ccc(OCCC)cc1)C(=O)O)[C@@](O)(CC(=O)O)C(=O)O. The van der Waals surface area contributed by atoms with Gasteiger partial charge in [0, 0.05) is 19.3 Å². The van der Waals surface area contributed by atoms with Gasteiger partial charge in [0.05, 0.1) is 18.9 Å². The van der Waals surface area contributed by atoms with Crippen LogP contribution in [0.5, 0.6) is 5.75 Å². The highest BCUT2D eigenvalue weighted by molar-refractivity contribution is 5.94. The fourth-order valence-electron chi connectivity index (χ4n) is 4.87. The molecule has 0 heterocycles. The maximum atomic E-state index is 13.3. The number of aliphatic carboxylic acids is 3. The number of unbranched alkanes of at least 4 members (excludes halogenated alkanes) is 8. The molecule has 0 saturated carbocycles. The van der Waals surface area contributed by atoms with Crippen molar-refractivity contribution in [3.63, 3.8) is 0 Å². The Kier molecular flexibility index (Phi) is 19.1. The molecule has 11 nitrogen and oxygen atoms in total. The number of ketones is 1. The highest BCUT2D eigenvalue weighted by Gasteiger charge is 2.49. The number of rotatable bonds is 26. The summed E-state index contributed by atoms with van der Waals surface area (Å²) in [5, 5.41) is 41.9. The third-order valence-electron chi connectivity index (χ3n) is 7.50. The van der Waals surface area contributed by atoms with Crippen LogP contribution in [0.2, 0.25) is 0 Å². The number of hydrogen-bond donors (Lipinski definition) is 5. The minimum absolute atomic E-state index is 0.142. The third-order valence-corrected chi connectivity index (χ3v) is 7.50. The topological polar surface area (TPSA) is 188 Å². The first-order chi connectivity index (χ1) is 21.4. The molecule has 3 atom stereocenters. The van der Waals surface area contributed by atoms with E-state index in [1.807, 2.05) is 6.92 Å². The molecule has 5 N–H and O–H groups in total. The molecule has 0 aliphatic rings. The number of hydrogen-bond acceptors (Lipinski definition) is 7. The fraction of sp³-hybridized carbons (Fsp3) is 0.618. The van der Waals surface area contributed by atoms with E-state index in [0.717, 1.165) is 57.4 Å². The summed E-state index contributed by atoms with van der Waals surface area (Å²) >= 11 is 0. The third kappa shape index (κ3) is 15.7. The van der Waals surface area contributed by atoms with Crippen LogP contribution in [0.25, 0.3) is 0 Å². The van der Waals surface area contributed by atoms with Gasteiger partial charge in [-0.2, -0.15) is 0 Å². The molecule has 1 amide bonds. The van der Waals surface area contributed by atoms with Crippen molar-refractivity contribution in [3.05, 3.63) is 42.0 Å². The Labute approximate surface area is 266 Å². The van der Waals surface area contributed by atoms with Gasteiger partial charge in [-0.3, -0.25) is 14.4 Å². The number of nitrogens with one attached hydrogen (secondary N) is 1. The molecule has 0 saturated heterocycles. The monoisotopic (exact) mass is 633 g/mol. The zero-order valence-corrected chi connectivity index (χ0v) is 26.7. The van der Waals surface area contributed by atoms with E-state index in [4.69, 9.17) is 4.74 Å². The normalized spacial score (nSPS) is 13.9. The van der Waals surface area contributed by atoms with E-state index in [1.54, 1.807) is 24.3 Å². The molecule has 1 unspecified atom stereocenters. The van der Waals surface area contributed by atoms with Crippen LogP contribution in [0, 0.1) is 5.92 Å². The predicted molar refractivity (Wildman–Crippen MR) is 169 cm³/mol. The van der Waals surface area contributed by atoms with Gasteiger partial charge in [-0.15, -0.1) is 0 Å². The summed E-state index contributed by atoms with van der Waals surface area (Å²) in [6, 6.07) is 5.15. The average Bonchev–Trinajstić information content (AvgIpc) is 2.98. The minimum atomic E-state index is -3.01. The molecule has 0 bridgehead atoms. The first-order valence-electron chi connectivity index (χ1n) is 16.0. The highest BCUT2D eigenvalue weighted by Crippen LogP contribution is 2.26. The summed E-state index contributed by atoms with van der Waals surface area (Å²) < 4.78 is 5.52. The zero-order chi connectivity index (χ0) is 33.7. The standard InChI is InChI=1S/C34H51NO10/c1-3-5-6-9-12-15-26(36)16-13-10-7-8-11-14-17-28(34(44,33(42)43)24-30(37)38)31(39)35-29(32(40)41)23-25-18-20-27(21-19-25)45-22-4-2/h14,17-21,28-29,44H,3-13,15-16,22-24H2,1-2H3,(H,35,39)(H,37,38)(H,40,41)(H,42,43)/t28-,29?,34+/m1/s1. The smallest absolute Gasteiger partial charge is 0.337 e. The van der Waals surface area contributed by atoms with Crippen LogP contribution in [-0.2, 0) is 30.4 Å². The first kappa shape index (κ1) is 39.3. The summed E-state index contributed by atoms with van der Waals surface area (Å²) in [5.74, 6) is -7.06. The zero-order valence-electron chi connectivity index (χ0n) is 26.7. The van der Waals surface area contributed by atoms with Crippen LogP contribution in [0.15, 0.2) is 36.4 Å². The minimum Gasteiger partial charge on any atom is -0.494 e. The largest absolute Gasteiger partial charge is 0.494 e. The van der Waals surface area contributed by atoms with E-state index in [9.17, 15) is 44.4 Å². The number of carbonyl (C=O) groups excluding carboxylic acids is 2. The van der Waals surface area contributed by atoms with Crippen LogP contribution >= 0.6 is 0 Å². The van der Waals surface area contributed by atoms with Crippen molar-refractivity contribution in [2.45, 2.75) is 122 Å². The number of benzene rings is 1. The maximum Gasteiger partial charge on any atom is 0.337 e. The van der Waals surface area contributed by atoms with E-state index < -0.39 is 47.8 Å². The molecule has 252 valence electrons. The number of carboxylic acids is 3. The van der Waals surface area contributed by atoms with Crippen LogP contribution in [0.4, 0.5) is 0 Å². The fourth-order valence-corrected chi connectivity index (χ4v) is 4.87. The van der Waals surface area contributed by atoms with E-state index in [1.165, 1.54) is 12.5 Å². The van der Waals surface area contributed by atoms with Gasteiger partial charge in [-0.05, 0) is 49.8 Å². The molecule has 1 aromatic carbocycles. The van der Waals surface area contributed by atoms with Gasteiger partial charge >= 0.3 is 17.9 Å². The molecule has 11 heteroatoms.